The zero-order chi connectivity index (χ0) is 11.5. The summed E-state index contributed by atoms with van der Waals surface area (Å²) in [4.78, 5) is 2.53. The quantitative estimate of drug-likeness (QED) is 0.803. The first-order valence-corrected chi connectivity index (χ1v) is 6.27. The van der Waals surface area contributed by atoms with Crippen LogP contribution >= 0.6 is 0 Å². The number of nitrogens with two attached hydrogens (primary N) is 1. The fourth-order valence-corrected chi connectivity index (χ4v) is 2.19. The Morgan fingerprint density at radius 3 is 2.75 bits per heavy atom. The van der Waals surface area contributed by atoms with Crippen molar-refractivity contribution in [1.82, 2.24) is 4.90 Å². The van der Waals surface area contributed by atoms with E-state index in [9.17, 15) is 0 Å². The molecule has 3 heteroatoms. The molecule has 1 aliphatic carbocycles. The molecule has 0 unspecified atom stereocenters. The summed E-state index contributed by atoms with van der Waals surface area (Å²) >= 11 is 0. The Balaban J connectivity index is 2.00. The van der Waals surface area contributed by atoms with Crippen LogP contribution in [0.4, 0.5) is 0 Å². The van der Waals surface area contributed by atoms with E-state index < -0.39 is 0 Å². The van der Waals surface area contributed by atoms with Gasteiger partial charge in [0.15, 0.2) is 0 Å². The molecule has 2 rings (SSSR count). The number of furan rings is 1. The average Bonchev–Trinajstić information content (AvgIpc) is 3.03. The van der Waals surface area contributed by atoms with Crippen LogP contribution in [0, 0.1) is 6.92 Å². The lowest BCUT2D eigenvalue weighted by atomic mass is 10.2. The summed E-state index contributed by atoms with van der Waals surface area (Å²) in [6.07, 6.45) is 3.91. The van der Waals surface area contributed by atoms with Gasteiger partial charge in [0, 0.05) is 18.2 Å². The van der Waals surface area contributed by atoms with Gasteiger partial charge >= 0.3 is 0 Å². The van der Waals surface area contributed by atoms with Crippen LogP contribution in [-0.4, -0.2) is 17.5 Å². The van der Waals surface area contributed by atoms with Gasteiger partial charge in [-0.05, 0) is 38.8 Å². The van der Waals surface area contributed by atoms with Crippen molar-refractivity contribution in [3.05, 3.63) is 23.2 Å². The topological polar surface area (TPSA) is 42.4 Å². The molecule has 1 heterocycles. The van der Waals surface area contributed by atoms with Gasteiger partial charge in [-0.1, -0.05) is 6.92 Å². The minimum Gasteiger partial charge on any atom is -0.465 e. The number of aryl methyl sites for hydroxylation is 1. The SMILES string of the molecule is CCCN(Cc1cc(CN)c(C)o1)C1CC1. The summed E-state index contributed by atoms with van der Waals surface area (Å²) in [5, 5.41) is 0. The third-order valence-corrected chi connectivity index (χ3v) is 3.22. The fourth-order valence-electron chi connectivity index (χ4n) is 2.19. The Morgan fingerprint density at radius 2 is 2.25 bits per heavy atom. The molecule has 0 aromatic carbocycles. The first kappa shape index (κ1) is 11.7. The Bertz CT molecular complexity index is 342. The van der Waals surface area contributed by atoms with Gasteiger partial charge in [-0.2, -0.15) is 0 Å². The summed E-state index contributed by atoms with van der Waals surface area (Å²) in [6, 6.07) is 2.91. The maximum Gasteiger partial charge on any atom is 0.118 e. The normalized spacial score (nSPS) is 16.0. The van der Waals surface area contributed by atoms with Crippen molar-refractivity contribution < 1.29 is 4.42 Å². The van der Waals surface area contributed by atoms with Gasteiger partial charge in [0.2, 0.25) is 0 Å². The molecule has 0 aliphatic heterocycles. The lowest BCUT2D eigenvalue weighted by Gasteiger charge is -2.19. The largest absolute Gasteiger partial charge is 0.465 e. The zero-order valence-electron chi connectivity index (χ0n) is 10.3. The first-order chi connectivity index (χ1) is 7.74. The Hall–Kier alpha value is -0.800. The summed E-state index contributed by atoms with van der Waals surface area (Å²) in [7, 11) is 0. The van der Waals surface area contributed by atoms with Crippen molar-refractivity contribution in [2.75, 3.05) is 6.54 Å². The highest BCUT2D eigenvalue weighted by molar-refractivity contribution is 5.20. The fraction of sp³-hybridized carbons (Fsp3) is 0.692. The Morgan fingerprint density at radius 1 is 1.50 bits per heavy atom. The van der Waals surface area contributed by atoms with E-state index in [1.807, 2.05) is 6.92 Å². The molecular weight excluding hydrogens is 200 g/mol. The standard InChI is InChI=1S/C13H22N2O/c1-3-6-15(12-4-5-12)9-13-7-11(8-14)10(2)16-13/h7,12H,3-6,8-9,14H2,1-2H3. The molecule has 0 bridgehead atoms. The van der Waals surface area contributed by atoms with Gasteiger partial charge in [0.05, 0.1) is 6.54 Å². The highest BCUT2D eigenvalue weighted by Crippen LogP contribution is 2.29. The molecule has 0 saturated heterocycles. The van der Waals surface area contributed by atoms with Gasteiger partial charge in [-0.25, -0.2) is 0 Å². The molecule has 16 heavy (non-hydrogen) atoms. The minimum atomic E-state index is 0.576. The van der Waals surface area contributed by atoms with E-state index in [-0.39, 0.29) is 0 Å². The minimum absolute atomic E-state index is 0.576. The van der Waals surface area contributed by atoms with Crippen LogP contribution in [-0.2, 0) is 13.1 Å². The van der Waals surface area contributed by atoms with Gasteiger partial charge in [-0.15, -0.1) is 0 Å². The number of nitrogens with zero attached hydrogens (tertiary/aromatic N) is 1. The van der Waals surface area contributed by atoms with Crippen molar-refractivity contribution in [1.29, 1.82) is 0 Å². The lowest BCUT2D eigenvalue weighted by molar-refractivity contribution is 0.233. The molecule has 1 aromatic rings. The van der Waals surface area contributed by atoms with E-state index in [0.29, 0.717) is 6.54 Å². The predicted molar refractivity (Wildman–Crippen MR) is 65.1 cm³/mol. The van der Waals surface area contributed by atoms with Gasteiger partial charge in [-0.3, -0.25) is 4.90 Å². The molecule has 0 radical (unpaired) electrons. The number of rotatable bonds is 6. The molecule has 1 aliphatic rings. The van der Waals surface area contributed by atoms with Gasteiger partial charge in [0.25, 0.3) is 0 Å². The van der Waals surface area contributed by atoms with Crippen molar-refractivity contribution in [3.8, 4) is 0 Å². The van der Waals surface area contributed by atoms with Crippen molar-refractivity contribution in [2.45, 2.75) is 52.2 Å². The zero-order valence-corrected chi connectivity index (χ0v) is 10.3. The van der Waals surface area contributed by atoms with Gasteiger partial charge in [0.1, 0.15) is 11.5 Å². The maximum atomic E-state index is 5.74. The number of hydrogen-bond donors (Lipinski definition) is 1. The van der Waals surface area contributed by atoms with E-state index in [4.69, 9.17) is 10.2 Å². The molecular formula is C13H22N2O. The first-order valence-electron chi connectivity index (χ1n) is 6.27. The van der Waals surface area contributed by atoms with Crippen LogP contribution in [0.2, 0.25) is 0 Å². The second-order valence-corrected chi connectivity index (χ2v) is 4.70. The van der Waals surface area contributed by atoms with Crippen LogP contribution in [0.1, 0.15) is 43.3 Å². The highest BCUT2D eigenvalue weighted by atomic mass is 16.3. The van der Waals surface area contributed by atoms with Crippen LogP contribution < -0.4 is 5.73 Å². The second-order valence-electron chi connectivity index (χ2n) is 4.70. The van der Waals surface area contributed by atoms with Crippen LogP contribution in [0.5, 0.6) is 0 Å². The van der Waals surface area contributed by atoms with E-state index in [2.05, 4.69) is 17.9 Å². The highest BCUT2D eigenvalue weighted by Gasteiger charge is 2.28. The summed E-state index contributed by atoms with van der Waals surface area (Å²) in [5.74, 6) is 2.04. The van der Waals surface area contributed by atoms with Crippen LogP contribution in [0.25, 0.3) is 0 Å². The van der Waals surface area contributed by atoms with Crippen molar-refractivity contribution in [3.63, 3.8) is 0 Å². The summed E-state index contributed by atoms with van der Waals surface area (Å²) in [5.41, 5.74) is 6.79. The molecule has 1 fully saturated rings. The van der Waals surface area contributed by atoms with E-state index in [1.165, 1.54) is 25.8 Å². The number of hydrogen-bond acceptors (Lipinski definition) is 3. The molecule has 0 amide bonds. The third kappa shape index (κ3) is 2.66. The molecule has 90 valence electrons. The third-order valence-electron chi connectivity index (χ3n) is 3.22. The molecule has 1 saturated carbocycles. The molecule has 1 aromatic heterocycles. The van der Waals surface area contributed by atoms with E-state index >= 15 is 0 Å². The van der Waals surface area contributed by atoms with E-state index in [0.717, 1.165) is 29.7 Å². The molecule has 0 atom stereocenters. The monoisotopic (exact) mass is 222 g/mol. The van der Waals surface area contributed by atoms with Gasteiger partial charge < -0.3 is 10.2 Å². The smallest absolute Gasteiger partial charge is 0.118 e. The van der Waals surface area contributed by atoms with E-state index in [1.54, 1.807) is 0 Å². The Kier molecular flexibility index (Phi) is 3.66. The summed E-state index contributed by atoms with van der Waals surface area (Å²) in [6.45, 7) is 6.91. The second kappa shape index (κ2) is 5.02. The molecule has 0 spiro atoms. The predicted octanol–water partition coefficient (Wildman–Crippen LogP) is 2.42. The van der Waals surface area contributed by atoms with Crippen LogP contribution in [0.15, 0.2) is 10.5 Å². The van der Waals surface area contributed by atoms with Crippen molar-refractivity contribution >= 4 is 0 Å². The summed E-state index contributed by atoms with van der Waals surface area (Å²) < 4.78 is 5.74. The average molecular weight is 222 g/mol. The lowest BCUT2D eigenvalue weighted by Crippen LogP contribution is -2.26. The van der Waals surface area contributed by atoms with Crippen molar-refractivity contribution in [2.24, 2.45) is 5.73 Å². The Labute approximate surface area is 97.6 Å². The maximum absolute atomic E-state index is 5.74. The molecule has 2 N–H and O–H groups in total. The van der Waals surface area contributed by atoms with Crippen LogP contribution in [0.3, 0.4) is 0 Å². The molecule has 3 nitrogen and oxygen atoms in total.